The van der Waals surface area contributed by atoms with E-state index in [-0.39, 0.29) is 23.4 Å². The Bertz CT molecular complexity index is 1080. The number of likely N-dealkylation sites (N-methyl/N-ethyl adjacent to an activating group) is 1. The second-order valence-corrected chi connectivity index (χ2v) is 7.90. The molecule has 0 aliphatic carbocycles. The summed E-state index contributed by atoms with van der Waals surface area (Å²) in [4.78, 5) is 29.0. The number of hydrogen-bond donors (Lipinski definition) is 1. The second-order valence-electron chi connectivity index (χ2n) is 7.90. The molecule has 1 heterocycles. The zero-order valence-electron chi connectivity index (χ0n) is 18.5. The molecule has 1 atom stereocenters. The van der Waals surface area contributed by atoms with Crippen LogP contribution in [0.4, 0.5) is 4.39 Å². The van der Waals surface area contributed by atoms with E-state index in [0.717, 1.165) is 5.56 Å². The van der Waals surface area contributed by atoms with Crippen LogP contribution >= 0.6 is 0 Å². The first-order valence-corrected chi connectivity index (χ1v) is 10.3. The molecule has 32 heavy (non-hydrogen) atoms. The lowest BCUT2D eigenvalue weighted by molar-refractivity contribution is -0.140. The Morgan fingerprint density at radius 3 is 2.59 bits per heavy atom. The fraction of sp³-hybridized carbons (Fsp3) is 0.280. The van der Waals surface area contributed by atoms with Crippen molar-refractivity contribution >= 4 is 17.4 Å². The number of rotatable bonds is 8. The van der Waals surface area contributed by atoms with Gasteiger partial charge in [-0.15, -0.1) is 0 Å². The van der Waals surface area contributed by atoms with E-state index in [1.54, 1.807) is 37.3 Å². The minimum absolute atomic E-state index is 0.127. The molecule has 1 N–H and O–H groups in total. The summed E-state index contributed by atoms with van der Waals surface area (Å²) in [7, 11) is 3.68. The third kappa shape index (κ3) is 4.57. The topological polar surface area (TPSA) is 70.1 Å². The van der Waals surface area contributed by atoms with E-state index < -0.39 is 23.5 Å². The number of carbonyl (C=O) groups excluding carboxylic acids is 2. The third-order valence-corrected chi connectivity index (χ3v) is 5.33. The molecule has 168 valence electrons. The number of carbonyl (C=O) groups is 2. The first kappa shape index (κ1) is 23.2. The lowest BCUT2D eigenvalue weighted by atomic mass is 9.94. The number of halogens is 1. The van der Waals surface area contributed by atoms with Crippen molar-refractivity contribution in [3.63, 3.8) is 0 Å². The van der Waals surface area contributed by atoms with Gasteiger partial charge in [-0.05, 0) is 50.8 Å². The summed E-state index contributed by atoms with van der Waals surface area (Å²) in [5, 5.41) is 11.1. The van der Waals surface area contributed by atoms with Gasteiger partial charge in [-0.2, -0.15) is 0 Å². The highest BCUT2D eigenvalue weighted by Gasteiger charge is 2.46. The Hall–Kier alpha value is -3.45. The summed E-state index contributed by atoms with van der Waals surface area (Å²) in [6.45, 7) is 6.44. The molecule has 1 saturated heterocycles. The molecule has 0 aromatic heterocycles. The number of aliphatic hydroxyl groups is 1. The van der Waals surface area contributed by atoms with Crippen LogP contribution in [-0.4, -0.2) is 60.4 Å². The van der Waals surface area contributed by atoms with Gasteiger partial charge in [-0.1, -0.05) is 30.9 Å². The maximum Gasteiger partial charge on any atom is 0.295 e. The number of ether oxygens (including phenoxy) is 1. The largest absolute Gasteiger partial charge is 0.507 e. The standard InChI is InChI=1S/C25H27FN2O4/c1-5-14-32-20-11-10-17(15-16(20)2)23(29)21-22(18-8-6-7-9-19(18)26)28(13-12-27(3)4)25(31)24(21)30/h5-11,15,22,29H,1,12-14H2,2-4H3. The van der Waals surface area contributed by atoms with Crippen LogP contribution < -0.4 is 4.74 Å². The second kappa shape index (κ2) is 9.78. The minimum atomic E-state index is -1.02. The fourth-order valence-corrected chi connectivity index (χ4v) is 3.70. The number of benzene rings is 2. The Labute approximate surface area is 187 Å². The van der Waals surface area contributed by atoms with Crippen LogP contribution in [0.15, 0.2) is 60.7 Å². The van der Waals surface area contributed by atoms with Crippen LogP contribution in [0.1, 0.15) is 22.7 Å². The van der Waals surface area contributed by atoms with E-state index in [0.29, 0.717) is 24.5 Å². The predicted molar refractivity (Wildman–Crippen MR) is 121 cm³/mol. The van der Waals surface area contributed by atoms with Gasteiger partial charge in [-0.3, -0.25) is 9.59 Å². The molecule has 0 bridgehead atoms. The number of ketones is 1. The van der Waals surface area contributed by atoms with Crippen molar-refractivity contribution in [3.8, 4) is 5.75 Å². The molecule has 1 aliphatic heterocycles. The monoisotopic (exact) mass is 438 g/mol. The lowest BCUT2D eigenvalue weighted by Gasteiger charge is -2.26. The molecule has 0 saturated carbocycles. The van der Waals surface area contributed by atoms with Gasteiger partial charge in [-0.25, -0.2) is 4.39 Å². The first-order valence-electron chi connectivity index (χ1n) is 10.3. The molecule has 2 aromatic carbocycles. The summed E-state index contributed by atoms with van der Waals surface area (Å²) in [5.74, 6) is -1.88. The maximum atomic E-state index is 14.8. The Kier molecular flexibility index (Phi) is 7.10. The molecule has 1 aliphatic rings. The van der Waals surface area contributed by atoms with Crippen molar-refractivity contribution in [2.24, 2.45) is 0 Å². The SMILES string of the molecule is C=CCOc1ccc(C(O)=C2C(=O)C(=O)N(CCN(C)C)C2c2ccccc2F)cc1C. The van der Waals surface area contributed by atoms with Gasteiger partial charge in [0.05, 0.1) is 11.6 Å². The molecule has 1 amide bonds. The van der Waals surface area contributed by atoms with Crippen LogP contribution in [0.25, 0.3) is 5.76 Å². The van der Waals surface area contributed by atoms with Gasteiger partial charge >= 0.3 is 0 Å². The smallest absolute Gasteiger partial charge is 0.295 e. The van der Waals surface area contributed by atoms with E-state index in [2.05, 4.69) is 6.58 Å². The number of nitrogens with zero attached hydrogens (tertiary/aromatic N) is 2. The van der Waals surface area contributed by atoms with Crippen LogP contribution in [0.2, 0.25) is 0 Å². The quantitative estimate of drug-likeness (QED) is 0.295. The maximum absolute atomic E-state index is 14.8. The number of aryl methyl sites for hydroxylation is 1. The van der Waals surface area contributed by atoms with E-state index in [9.17, 15) is 19.1 Å². The van der Waals surface area contributed by atoms with Gasteiger partial charge in [0.1, 0.15) is 23.9 Å². The molecule has 1 fully saturated rings. The van der Waals surface area contributed by atoms with Gasteiger partial charge in [0, 0.05) is 24.2 Å². The van der Waals surface area contributed by atoms with Gasteiger partial charge in [0.15, 0.2) is 0 Å². The van der Waals surface area contributed by atoms with Gasteiger partial charge < -0.3 is 19.6 Å². The summed E-state index contributed by atoms with van der Waals surface area (Å²) in [5.41, 5.74) is 1.12. The van der Waals surface area contributed by atoms with Crippen molar-refractivity contribution in [1.29, 1.82) is 0 Å². The molecular weight excluding hydrogens is 411 g/mol. The van der Waals surface area contributed by atoms with Crippen molar-refractivity contribution in [2.45, 2.75) is 13.0 Å². The van der Waals surface area contributed by atoms with E-state index in [1.165, 1.54) is 23.1 Å². The average Bonchev–Trinajstić information content (AvgIpc) is 3.01. The summed E-state index contributed by atoms with van der Waals surface area (Å²) >= 11 is 0. The zero-order valence-corrected chi connectivity index (χ0v) is 18.5. The van der Waals surface area contributed by atoms with Crippen LogP contribution in [0, 0.1) is 12.7 Å². The zero-order chi connectivity index (χ0) is 23.4. The van der Waals surface area contributed by atoms with E-state index >= 15 is 0 Å². The fourth-order valence-electron chi connectivity index (χ4n) is 3.70. The molecule has 7 heteroatoms. The van der Waals surface area contributed by atoms with Crippen molar-refractivity contribution in [1.82, 2.24) is 9.80 Å². The van der Waals surface area contributed by atoms with Crippen LogP contribution in [-0.2, 0) is 9.59 Å². The average molecular weight is 438 g/mol. The van der Waals surface area contributed by atoms with Gasteiger partial charge in [0.2, 0.25) is 0 Å². The lowest BCUT2D eigenvalue weighted by Crippen LogP contribution is -2.35. The highest BCUT2D eigenvalue weighted by Crippen LogP contribution is 2.40. The Morgan fingerprint density at radius 1 is 1.25 bits per heavy atom. The molecule has 6 nitrogen and oxygen atoms in total. The molecule has 0 spiro atoms. The Morgan fingerprint density at radius 2 is 1.97 bits per heavy atom. The number of hydrogen-bond acceptors (Lipinski definition) is 5. The molecule has 0 radical (unpaired) electrons. The molecule has 3 rings (SSSR count). The van der Waals surface area contributed by atoms with Crippen molar-refractivity contribution < 1.29 is 23.8 Å². The number of likely N-dealkylation sites (tertiary alicyclic amines) is 1. The predicted octanol–water partition coefficient (Wildman–Crippen LogP) is 3.68. The summed E-state index contributed by atoms with van der Waals surface area (Å²) in [6, 6.07) is 9.90. The van der Waals surface area contributed by atoms with Gasteiger partial charge in [0.25, 0.3) is 11.7 Å². The normalized spacial score (nSPS) is 17.8. The first-order chi connectivity index (χ1) is 15.3. The minimum Gasteiger partial charge on any atom is -0.507 e. The molecular formula is C25H27FN2O4. The van der Waals surface area contributed by atoms with E-state index in [4.69, 9.17) is 4.74 Å². The number of amides is 1. The highest BCUT2D eigenvalue weighted by atomic mass is 19.1. The van der Waals surface area contributed by atoms with Crippen molar-refractivity contribution in [3.05, 3.63) is 83.2 Å². The number of aliphatic hydroxyl groups excluding tert-OH is 1. The summed E-state index contributed by atoms with van der Waals surface area (Å²) in [6.07, 6.45) is 1.62. The molecule has 2 aromatic rings. The van der Waals surface area contributed by atoms with E-state index in [1.807, 2.05) is 19.0 Å². The van der Waals surface area contributed by atoms with Crippen LogP contribution in [0.3, 0.4) is 0 Å². The Balaban J connectivity index is 2.12. The third-order valence-electron chi connectivity index (χ3n) is 5.33. The summed E-state index contributed by atoms with van der Waals surface area (Å²) < 4.78 is 20.3. The molecule has 1 unspecified atom stereocenters. The van der Waals surface area contributed by atoms with Crippen LogP contribution in [0.5, 0.6) is 5.75 Å². The van der Waals surface area contributed by atoms with Crippen molar-refractivity contribution in [2.75, 3.05) is 33.8 Å². The number of Topliss-reactive ketones (excluding diaryl/α,β-unsaturated/α-hetero) is 1. The highest BCUT2D eigenvalue weighted by molar-refractivity contribution is 6.46.